The van der Waals surface area contributed by atoms with E-state index in [1.54, 1.807) is 33.5 Å². The highest BCUT2D eigenvalue weighted by atomic mass is 32.2. The first-order chi connectivity index (χ1) is 16.1. The average molecular weight is 488 g/mol. The van der Waals surface area contributed by atoms with Crippen LogP contribution in [0.25, 0.3) is 0 Å². The molecule has 0 spiro atoms. The number of ether oxygens (including phenoxy) is 3. The van der Waals surface area contributed by atoms with Gasteiger partial charge in [0.15, 0.2) is 11.5 Å². The smallest absolute Gasteiger partial charge is 0.164 e. The van der Waals surface area contributed by atoms with Crippen LogP contribution >= 0.6 is 23.5 Å². The number of hydrogen-bond acceptors (Lipinski definition) is 6. The molecule has 0 amide bonds. The summed E-state index contributed by atoms with van der Waals surface area (Å²) in [5, 5.41) is 10.9. The molecule has 7 heteroatoms. The molecule has 0 radical (unpaired) electrons. The SMILES string of the molecule is COc1cc(OC)c2c(c1OC)CCC(C(Cc1cccc(F)c1)C1CSCCS1)C2C#N. The first-order valence-electron chi connectivity index (χ1n) is 11.3. The zero-order valence-electron chi connectivity index (χ0n) is 19.3. The third-order valence-corrected chi connectivity index (χ3v) is 9.77. The average Bonchev–Trinajstić information content (AvgIpc) is 2.86. The fraction of sp³-hybridized carbons (Fsp3) is 0.500. The number of methoxy groups -OCH3 is 3. The van der Waals surface area contributed by atoms with Gasteiger partial charge in [-0.25, -0.2) is 4.39 Å². The second kappa shape index (κ2) is 10.9. The predicted molar refractivity (Wildman–Crippen MR) is 133 cm³/mol. The Balaban J connectivity index is 1.77. The van der Waals surface area contributed by atoms with Gasteiger partial charge in [-0.05, 0) is 48.8 Å². The molecule has 4 nitrogen and oxygen atoms in total. The fourth-order valence-electron chi connectivity index (χ4n) is 5.38. The van der Waals surface area contributed by atoms with E-state index in [9.17, 15) is 9.65 Å². The van der Waals surface area contributed by atoms with Crippen LogP contribution in [0.4, 0.5) is 4.39 Å². The first kappa shape index (κ1) is 24.1. The van der Waals surface area contributed by atoms with Crippen molar-refractivity contribution in [3.63, 3.8) is 0 Å². The van der Waals surface area contributed by atoms with Crippen LogP contribution in [-0.2, 0) is 12.8 Å². The Hall–Kier alpha value is -2.04. The van der Waals surface area contributed by atoms with Crippen molar-refractivity contribution in [2.24, 2.45) is 11.8 Å². The predicted octanol–water partition coefficient (Wildman–Crippen LogP) is 5.73. The molecule has 1 fully saturated rings. The van der Waals surface area contributed by atoms with Gasteiger partial charge in [-0.1, -0.05) is 12.1 Å². The highest BCUT2D eigenvalue weighted by Crippen LogP contribution is 2.52. The maximum absolute atomic E-state index is 14.0. The van der Waals surface area contributed by atoms with Crippen LogP contribution < -0.4 is 14.2 Å². The Kier molecular flexibility index (Phi) is 7.98. The minimum Gasteiger partial charge on any atom is -0.496 e. The molecule has 1 heterocycles. The van der Waals surface area contributed by atoms with Gasteiger partial charge in [0.25, 0.3) is 0 Å². The molecule has 2 aliphatic rings. The number of thioether (sulfide) groups is 2. The van der Waals surface area contributed by atoms with Crippen LogP contribution in [0.3, 0.4) is 0 Å². The van der Waals surface area contributed by atoms with E-state index < -0.39 is 0 Å². The highest BCUT2D eigenvalue weighted by Gasteiger charge is 2.42. The molecule has 2 aromatic rings. The quantitative estimate of drug-likeness (QED) is 0.497. The van der Waals surface area contributed by atoms with Gasteiger partial charge in [-0.15, -0.1) is 0 Å². The maximum atomic E-state index is 14.0. The van der Waals surface area contributed by atoms with E-state index in [4.69, 9.17) is 14.2 Å². The number of fused-ring (bicyclic) bond motifs is 1. The minimum atomic E-state index is -0.324. The summed E-state index contributed by atoms with van der Waals surface area (Å²) in [6.45, 7) is 0. The van der Waals surface area contributed by atoms with E-state index in [0.29, 0.717) is 22.5 Å². The molecule has 1 aliphatic heterocycles. The van der Waals surface area contributed by atoms with Crippen LogP contribution in [0.2, 0.25) is 0 Å². The summed E-state index contributed by atoms with van der Waals surface area (Å²) in [6.07, 6.45) is 2.43. The van der Waals surface area contributed by atoms with E-state index in [2.05, 4.69) is 6.07 Å². The Bertz CT molecular complexity index is 1020. The molecule has 0 saturated carbocycles. The van der Waals surface area contributed by atoms with E-state index in [-0.39, 0.29) is 23.6 Å². The van der Waals surface area contributed by atoms with Gasteiger partial charge >= 0.3 is 0 Å². The third-order valence-electron chi connectivity index (χ3n) is 6.83. The van der Waals surface area contributed by atoms with Gasteiger partial charge in [-0.2, -0.15) is 28.8 Å². The molecule has 0 aromatic heterocycles. The van der Waals surface area contributed by atoms with Crippen LogP contribution in [-0.4, -0.2) is 43.8 Å². The second-order valence-electron chi connectivity index (χ2n) is 8.50. The molecule has 4 rings (SSSR count). The number of nitriles is 1. The van der Waals surface area contributed by atoms with Gasteiger partial charge < -0.3 is 14.2 Å². The number of rotatable bonds is 7. The van der Waals surface area contributed by atoms with Gasteiger partial charge in [0.2, 0.25) is 0 Å². The molecule has 4 unspecified atom stereocenters. The molecule has 1 aliphatic carbocycles. The molecular formula is C26H30FNO3S2. The zero-order valence-corrected chi connectivity index (χ0v) is 20.9. The van der Waals surface area contributed by atoms with Crippen molar-refractivity contribution in [3.05, 3.63) is 52.8 Å². The summed E-state index contributed by atoms with van der Waals surface area (Å²) in [4.78, 5) is 0. The molecule has 176 valence electrons. The lowest BCUT2D eigenvalue weighted by Crippen LogP contribution is -2.37. The number of nitrogens with zero attached hydrogens (tertiary/aromatic N) is 1. The van der Waals surface area contributed by atoms with Gasteiger partial charge in [-0.3, -0.25) is 0 Å². The molecule has 1 saturated heterocycles. The Morgan fingerprint density at radius 2 is 1.94 bits per heavy atom. The normalized spacial score (nSPS) is 23.2. The molecule has 0 N–H and O–H groups in total. The lowest BCUT2D eigenvalue weighted by Gasteiger charge is -2.41. The lowest BCUT2D eigenvalue weighted by molar-refractivity contribution is 0.264. The van der Waals surface area contributed by atoms with Crippen molar-refractivity contribution in [3.8, 4) is 23.3 Å². The van der Waals surface area contributed by atoms with E-state index in [0.717, 1.165) is 53.2 Å². The maximum Gasteiger partial charge on any atom is 0.164 e. The highest BCUT2D eigenvalue weighted by molar-refractivity contribution is 8.06. The van der Waals surface area contributed by atoms with Crippen molar-refractivity contribution in [1.82, 2.24) is 0 Å². The van der Waals surface area contributed by atoms with Crippen molar-refractivity contribution >= 4 is 23.5 Å². The first-order valence-corrected chi connectivity index (χ1v) is 13.5. The van der Waals surface area contributed by atoms with Crippen molar-refractivity contribution in [2.45, 2.75) is 30.4 Å². The topological polar surface area (TPSA) is 51.5 Å². The molecular weight excluding hydrogens is 457 g/mol. The Morgan fingerprint density at radius 1 is 1.12 bits per heavy atom. The van der Waals surface area contributed by atoms with E-state index in [1.165, 1.54) is 6.07 Å². The van der Waals surface area contributed by atoms with Crippen molar-refractivity contribution in [1.29, 1.82) is 5.26 Å². The molecule has 0 bridgehead atoms. The van der Waals surface area contributed by atoms with Crippen molar-refractivity contribution in [2.75, 3.05) is 38.6 Å². The van der Waals surface area contributed by atoms with Crippen molar-refractivity contribution < 1.29 is 18.6 Å². The Morgan fingerprint density at radius 3 is 2.58 bits per heavy atom. The molecule has 33 heavy (non-hydrogen) atoms. The second-order valence-corrected chi connectivity index (χ2v) is 11.0. The van der Waals surface area contributed by atoms with Crippen LogP contribution in [0, 0.1) is 29.0 Å². The van der Waals surface area contributed by atoms with Gasteiger partial charge in [0.05, 0.1) is 33.3 Å². The summed E-state index contributed by atoms with van der Waals surface area (Å²) in [6, 6.07) is 11.4. The summed E-state index contributed by atoms with van der Waals surface area (Å²) in [7, 11) is 4.89. The van der Waals surface area contributed by atoms with Gasteiger partial charge in [0.1, 0.15) is 11.6 Å². The summed E-state index contributed by atoms with van der Waals surface area (Å²) < 4.78 is 31.0. The largest absolute Gasteiger partial charge is 0.496 e. The number of benzene rings is 2. The van der Waals surface area contributed by atoms with E-state index in [1.807, 2.05) is 35.7 Å². The van der Waals surface area contributed by atoms with Crippen LogP contribution in [0.1, 0.15) is 29.0 Å². The molecule has 4 atom stereocenters. The summed E-state index contributed by atoms with van der Waals surface area (Å²) >= 11 is 3.99. The summed E-state index contributed by atoms with van der Waals surface area (Å²) in [5.74, 6) is 5.21. The van der Waals surface area contributed by atoms with Gasteiger partial charge in [0, 0.05) is 39.7 Å². The standard InChI is InChI=1S/C26H30FNO3S2/c1-29-22-13-23(30-2)26(31-3)19-8-7-18(21(14-28)25(19)22)20(24-15-32-9-10-33-24)12-16-5-4-6-17(27)11-16/h4-6,11,13,18,20-21,24H,7-10,12,15H2,1-3H3. The van der Waals surface area contributed by atoms with Crippen LogP contribution in [0.5, 0.6) is 17.2 Å². The zero-order chi connectivity index (χ0) is 23.4. The number of halogens is 1. The summed E-state index contributed by atoms with van der Waals surface area (Å²) in [5.41, 5.74) is 2.93. The minimum absolute atomic E-state index is 0.147. The lowest BCUT2D eigenvalue weighted by atomic mass is 9.67. The fourth-order valence-corrected chi connectivity index (χ4v) is 8.40. The van der Waals surface area contributed by atoms with E-state index >= 15 is 0 Å². The monoisotopic (exact) mass is 487 g/mol. The third kappa shape index (κ3) is 4.93. The Labute approximate surface area is 204 Å². The van der Waals surface area contributed by atoms with Crippen LogP contribution in [0.15, 0.2) is 30.3 Å². The molecule has 2 aromatic carbocycles. The number of hydrogen-bond donors (Lipinski definition) is 0.